The molecule has 0 unspecified atom stereocenters. The van der Waals surface area contributed by atoms with Crippen molar-refractivity contribution < 1.29 is 4.79 Å². The van der Waals surface area contributed by atoms with E-state index in [0.29, 0.717) is 5.69 Å². The fourth-order valence-electron chi connectivity index (χ4n) is 0.453. The van der Waals surface area contributed by atoms with E-state index in [1.165, 1.54) is 6.92 Å². The highest BCUT2D eigenvalue weighted by Gasteiger charge is 1.96. The van der Waals surface area contributed by atoms with Crippen molar-refractivity contribution in [2.45, 2.75) is 6.92 Å². The van der Waals surface area contributed by atoms with E-state index >= 15 is 0 Å². The summed E-state index contributed by atoms with van der Waals surface area (Å²) in [6.07, 6.45) is 2.47. The second kappa shape index (κ2) is 2.35. The monoisotopic (exact) mass is 121 g/mol. The lowest BCUT2D eigenvalue weighted by Crippen LogP contribution is -1.96. The van der Waals surface area contributed by atoms with Gasteiger partial charge in [0.25, 0.3) is 0 Å². The second-order valence-corrected chi connectivity index (χ2v) is 1.60. The number of nitrogens with zero attached hydrogens (tertiary/aromatic N) is 2. The third-order valence-corrected chi connectivity index (χ3v) is 0.892. The maximum Gasteiger partial charge on any atom is 0.180 e. The van der Waals surface area contributed by atoms with Crippen molar-refractivity contribution in [3.8, 4) is 0 Å². The predicted octanol–water partition coefficient (Wildman–Crippen LogP) is 0.479. The van der Waals surface area contributed by atoms with Crippen LogP contribution < -0.4 is 0 Å². The summed E-state index contributed by atoms with van der Waals surface area (Å²) in [5.41, 5.74) is 0.383. The molecule has 0 amide bonds. The Morgan fingerprint density at radius 2 is 2.56 bits per heavy atom. The maximum atomic E-state index is 10.5. The molecule has 0 aliphatic carbocycles. The SMILES string of the molecule is CC(=O)c1cc[c]nn1. The molecule has 0 aliphatic rings. The van der Waals surface area contributed by atoms with Gasteiger partial charge in [-0.15, -0.1) is 10.2 Å². The van der Waals surface area contributed by atoms with Gasteiger partial charge in [0.05, 0.1) is 0 Å². The number of ketones is 1. The number of carbonyl (C=O) groups excluding carboxylic acids is 1. The Labute approximate surface area is 52.7 Å². The first-order valence-corrected chi connectivity index (χ1v) is 2.51. The summed E-state index contributed by atoms with van der Waals surface area (Å²) in [7, 11) is 0. The van der Waals surface area contributed by atoms with Crippen LogP contribution in [0.3, 0.4) is 0 Å². The summed E-state index contributed by atoms with van der Waals surface area (Å²) in [4.78, 5) is 10.5. The van der Waals surface area contributed by atoms with Gasteiger partial charge in [0.2, 0.25) is 0 Å². The molecule has 0 fully saturated rings. The first-order chi connectivity index (χ1) is 4.30. The minimum atomic E-state index is -0.0727. The molecule has 1 aromatic rings. The van der Waals surface area contributed by atoms with Gasteiger partial charge in [-0.3, -0.25) is 4.79 Å². The Balaban J connectivity index is 2.98. The predicted molar refractivity (Wildman–Crippen MR) is 30.9 cm³/mol. The van der Waals surface area contributed by atoms with Gasteiger partial charge in [-0.2, -0.15) is 0 Å². The molecule has 1 radical (unpaired) electrons. The van der Waals surface area contributed by atoms with Crippen LogP contribution in [0.1, 0.15) is 17.4 Å². The molecule has 9 heavy (non-hydrogen) atoms. The lowest BCUT2D eigenvalue weighted by molar-refractivity contribution is 0.101. The zero-order valence-electron chi connectivity index (χ0n) is 4.96. The highest BCUT2D eigenvalue weighted by atomic mass is 16.1. The van der Waals surface area contributed by atoms with E-state index < -0.39 is 0 Å². The molecule has 1 rings (SSSR count). The maximum absolute atomic E-state index is 10.5. The summed E-state index contributed by atoms with van der Waals surface area (Å²) in [6.45, 7) is 1.45. The van der Waals surface area contributed by atoms with Crippen molar-refractivity contribution in [3.05, 3.63) is 24.0 Å². The Morgan fingerprint density at radius 1 is 1.78 bits per heavy atom. The number of hydrogen-bond acceptors (Lipinski definition) is 3. The van der Waals surface area contributed by atoms with E-state index in [-0.39, 0.29) is 5.78 Å². The summed E-state index contributed by atoms with van der Waals surface area (Å²) in [6, 6.07) is 3.14. The van der Waals surface area contributed by atoms with Crippen LogP contribution in [0, 0.1) is 6.20 Å². The first kappa shape index (κ1) is 5.88. The van der Waals surface area contributed by atoms with Crippen molar-refractivity contribution >= 4 is 5.78 Å². The molecule has 1 heterocycles. The molecule has 0 aliphatic heterocycles. The van der Waals surface area contributed by atoms with Crippen molar-refractivity contribution in [1.82, 2.24) is 10.2 Å². The van der Waals surface area contributed by atoms with Crippen molar-refractivity contribution in [2.75, 3.05) is 0 Å². The van der Waals surface area contributed by atoms with E-state index in [9.17, 15) is 4.79 Å². The third kappa shape index (κ3) is 1.32. The first-order valence-electron chi connectivity index (χ1n) is 2.51. The smallest absolute Gasteiger partial charge is 0.180 e. The van der Waals surface area contributed by atoms with Gasteiger partial charge in [-0.25, -0.2) is 0 Å². The fraction of sp³-hybridized carbons (Fsp3) is 0.167. The van der Waals surface area contributed by atoms with Crippen LogP contribution in [0.25, 0.3) is 0 Å². The van der Waals surface area contributed by atoms with Crippen LogP contribution >= 0.6 is 0 Å². The highest BCUT2D eigenvalue weighted by Crippen LogP contribution is 1.89. The number of carbonyl (C=O) groups is 1. The average molecular weight is 121 g/mol. The topological polar surface area (TPSA) is 42.9 Å². The normalized spacial score (nSPS) is 9.00. The highest BCUT2D eigenvalue weighted by molar-refractivity contribution is 5.91. The molecular weight excluding hydrogens is 116 g/mol. The summed E-state index contributed by atoms with van der Waals surface area (Å²) >= 11 is 0. The fourth-order valence-corrected chi connectivity index (χ4v) is 0.453. The van der Waals surface area contributed by atoms with E-state index in [1.54, 1.807) is 12.1 Å². The van der Waals surface area contributed by atoms with Gasteiger partial charge < -0.3 is 0 Å². The van der Waals surface area contributed by atoms with E-state index in [1.807, 2.05) is 0 Å². The molecule has 3 heteroatoms. The largest absolute Gasteiger partial charge is 0.293 e. The molecule has 0 spiro atoms. The number of rotatable bonds is 1. The Hall–Kier alpha value is -1.25. The van der Waals surface area contributed by atoms with E-state index in [4.69, 9.17) is 0 Å². The quantitative estimate of drug-likeness (QED) is 0.507. The number of hydrogen-bond donors (Lipinski definition) is 0. The van der Waals surface area contributed by atoms with Crippen molar-refractivity contribution in [1.29, 1.82) is 0 Å². The molecule has 0 atom stereocenters. The van der Waals surface area contributed by atoms with Gasteiger partial charge >= 0.3 is 0 Å². The lowest BCUT2D eigenvalue weighted by atomic mass is 10.3. The standard InChI is InChI=1S/C6H5N2O/c1-5(9)6-3-2-4-7-8-6/h2-3H,1H3. The molecule has 0 saturated carbocycles. The van der Waals surface area contributed by atoms with Crippen LogP contribution in [0.5, 0.6) is 0 Å². The molecule has 0 saturated heterocycles. The Bertz CT molecular complexity index is 208. The summed E-state index contributed by atoms with van der Waals surface area (Å²) < 4.78 is 0. The zero-order chi connectivity index (χ0) is 6.69. The van der Waals surface area contributed by atoms with Gasteiger partial charge in [-0.05, 0) is 12.1 Å². The van der Waals surface area contributed by atoms with Crippen LogP contribution in [0.4, 0.5) is 0 Å². The van der Waals surface area contributed by atoms with Gasteiger partial charge in [0, 0.05) is 6.92 Å². The van der Waals surface area contributed by atoms with Crippen LogP contribution in [-0.4, -0.2) is 16.0 Å². The van der Waals surface area contributed by atoms with E-state index in [2.05, 4.69) is 16.4 Å². The minimum Gasteiger partial charge on any atom is -0.293 e. The van der Waals surface area contributed by atoms with Crippen molar-refractivity contribution in [2.24, 2.45) is 0 Å². The Kier molecular flexibility index (Phi) is 1.53. The van der Waals surface area contributed by atoms with E-state index in [0.717, 1.165) is 0 Å². The van der Waals surface area contributed by atoms with Crippen molar-refractivity contribution in [3.63, 3.8) is 0 Å². The molecule has 1 aromatic heterocycles. The second-order valence-electron chi connectivity index (χ2n) is 1.60. The van der Waals surface area contributed by atoms with Crippen LogP contribution in [0.2, 0.25) is 0 Å². The molecular formula is C6H5N2O. The van der Waals surface area contributed by atoms with Gasteiger partial charge in [0.1, 0.15) is 11.9 Å². The summed E-state index contributed by atoms with van der Waals surface area (Å²) in [5.74, 6) is -0.0727. The van der Waals surface area contributed by atoms with Crippen LogP contribution in [-0.2, 0) is 0 Å². The molecule has 0 aromatic carbocycles. The third-order valence-electron chi connectivity index (χ3n) is 0.892. The molecule has 0 N–H and O–H groups in total. The minimum absolute atomic E-state index is 0.0727. The molecule has 3 nitrogen and oxygen atoms in total. The zero-order valence-corrected chi connectivity index (χ0v) is 4.96. The average Bonchev–Trinajstić information content (AvgIpc) is 1.90. The summed E-state index contributed by atoms with van der Waals surface area (Å²) in [5, 5.41) is 6.93. The van der Waals surface area contributed by atoms with Gasteiger partial charge in [-0.1, -0.05) is 0 Å². The van der Waals surface area contributed by atoms with Crippen LogP contribution in [0.15, 0.2) is 12.1 Å². The molecule has 0 bridgehead atoms. The molecule has 45 valence electrons. The van der Waals surface area contributed by atoms with Gasteiger partial charge in [0.15, 0.2) is 5.78 Å². The number of aromatic nitrogens is 2. The number of Topliss-reactive ketones (excluding diaryl/α,β-unsaturated/α-hetero) is 1. The Morgan fingerprint density at radius 3 is 2.89 bits per heavy atom. The lowest BCUT2D eigenvalue weighted by Gasteiger charge is -1.86.